The Bertz CT molecular complexity index is 2730. The van der Waals surface area contributed by atoms with Gasteiger partial charge in [-0.05, 0) is 128 Å². The Hall–Kier alpha value is -1.16. The zero-order valence-corrected chi connectivity index (χ0v) is 57.8. The molecule has 3 aromatic carbocycles. The van der Waals surface area contributed by atoms with Crippen LogP contribution in [-0.2, 0) is 37.7 Å². The van der Waals surface area contributed by atoms with Gasteiger partial charge >= 0.3 is 73.5 Å². The van der Waals surface area contributed by atoms with E-state index in [4.69, 9.17) is 30.4 Å². The summed E-state index contributed by atoms with van der Waals surface area (Å²) in [5.41, 5.74) is -0.875. The van der Waals surface area contributed by atoms with Crippen molar-refractivity contribution in [1.29, 1.82) is 0 Å². The average Bonchev–Trinajstić information content (AvgIpc) is 3.58. The number of fused-ring (bicyclic) bond motifs is 1. The van der Waals surface area contributed by atoms with Crippen LogP contribution in [0.25, 0.3) is 11.0 Å². The fourth-order valence-electron chi connectivity index (χ4n) is 5.60. The van der Waals surface area contributed by atoms with E-state index in [1.54, 1.807) is 7.11 Å². The molecule has 1 heterocycles. The van der Waals surface area contributed by atoms with Crippen LogP contribution in [0.3, 0.4) is 0 Å². The Morgan fingerprint density at radius 2 is 1.01 bits per heavy atom. The van der Waals surface area contributed by atoms with Gasteiger partial charge in [-0.15, -0.1) is 0 Å². The van der Waals surface area contributed by atoms with Crippen LogP contribution >= 0.6 is 47.8 Å². The number of nitro benzene ring substituents is 2. The molecule has 16 nitrogen and oxygen atoms in total. The van der Waals surface area contributed by atoms with Gasteiger partial charge in [-0.2, -0.15) is 30.0 Å². The van der Waals surface area contributed by atoms with Crippen molar-refractivity contribution in [2.24, 2.45) is 0 Å². The maximum absolute atomic E-state index is 14.5. The van der Waals surface area contributed by atoms with Gasteiger partial charge in [-0.25, -0.2) is 9.37 Å². The molecule has 4 aromatic rings. The first-order valence-electron chi connectivity index (χ1n) is 22.5. The molecular weight excluding hydrogens is 1270 g/mol. The summed E-state index contributed by atoms with van der Waals surface area (Å²) in [5, 5.41) is 23.9. The van der Waals surface area contributed by atoms with Crippen molar-refractivity contribution in [3.63, 3.8) is 0 Å². The summed E-state index contributed by atoms with van der Waals surface area (Å²) in [4.78, 5) is 23.6. The summed E-state index contributed by atoms with van der Waals surface area (Å²) in [6.07, 6.45) is 0. The van der Waals surface area contributed by atoms with Gasteiger partial charge in [-0.1, -0.05) is 96.8 Å². The van der Waals surface area contributed by atoms with E-state index in [0.717, 1.165) is 29.5 Å². The second-order valence-corrected chi connectivity index (χ2v) is 34.9. The van der Waals surface area contributed by atoms with Gasteiger partial charge < -0.3 is 23.5 Å². The number of hydrogen-bond donors (Lipinski definition) is 1. The Balaban J connectivity index is -0.000000896. The van der Waals surface area contributed by atoms with Crippen molar-refractivity contribution in [2.75, 3.05) is 12.4 Å². The molecule has 0 radical (unpaired) electrons. The fraction of sp³-hybridized carbons (Fsp3) is 0.578. The van der Waals surface area contributed by atoms with Crippen LogP contribution in [0, 0.1) is 43.5 Å². The van der Waals surface area contributed by atoms with Gasteiger partial charge in [0.05, 0.1) is 15.4 Å². The summed E-state index contributed by atoms with van der Waals surface area (Å²) >= 11 is 12.2. The van der Waals surface area contributed by atoms with Gasteiger partial charge in [0.15, 0.2) is 28.2 Å². The third kappa shape index (κ3) is 24.9. The van der Waals surface area contributed by atoms with Crippen molar-refractivity contribution in [3.8, 4) is 0 Å². The molecule has 412 valence electrons. The summed E-state index contributed by atoms with van der Waals surface area (Å²) < 4.78 is 111. The molecule has 0 aliphatic heterocycles. The molecule has 0 atom stereocenters. The van der Waals surface area contributed by atoms with Crippen molar-refractivity contribution in [3.05, 3.63) is 99.1 Å². The molecule has 0 aliphatic rings. The Labute approximate surface area is 492 Å². The van der Waals surface area contributed by atoms with Gasteiger partial charge in [0, 0.05) is 32.6 Å². The monoisotopic (exact) mass is 1340 g/mol. The van der Waals surface area contributed by atoms with Crippen molar-refractivity contribution < 1.29 is 57.8 Å². The van der Waals surface area contributed by atoms with Crippen LogP contribution in [0.2, 0.25) is 36.3 Å². The Kier molecular flexibility index (Phi) is 33.5. The predicted molar refractivity (Wildman–Crippen MR) is 305 cm³/mol. The van der Waals surface area contributed by atoms with E-state index in [0.29, 0.717) is 14.5 Å². The van der Waals surface area contributed by atoms with Gasteiger partial charge in [0.1, 0.15) is 22.6 Å². The van der Waals surface area contributed by atoms with Crippen LogP contribution < -0.4 is 5.32 Å². The molecule has 29 heteroatoms. The zero-order chi connectivity index (χ0) is 58.3. The van der Waals surface area contributed by atoms with Crippen LogP contribution in [0.5, 0.6) is 0 Å². The van der Waals surface area contributed by atoms with Crippen LogP contribution in [-0.4, -0.2) is 115 Å². The van der Waals surface area contributed by atoms with Crippen LogP contribution in [0.4, 0.5) is 34.6 Å². The minimum atomic E-state index is -2.95. The van der Waals surface area contributed by atoms with E-state index < -0.39 is 85.2 Å². The molecule has 1 aromatic heterocycles. The number of nitro groups is 2. The number of methoxy groups -OCH3 is 1. The second-order valence-electron chi connectivity index (χ2n) is 20.2. The summed E-state index contributed by atoms with van der Waals surface area (Å²) in [6.45, 7) is 38.1. The first-order valence-corrected chi connectivity index (χ1v) is 41.3. The molecule has 0 saturated carbocycles. The molecule has 0 fully saturated rings. The Morgan fingerprint density at radius 3 is 1.35 bits per heavy atom. The zero-order valence-electron chi connectivity index (χ0n) is 45.4. The number of benzene rings is 3. The Morgan fingerprint density at radius 1 is 0.662 bits per heavy atom. The standard InChI is InChI=1S/C19H30BrFN2OSi.C10H24O2Si.C9H10BrFN2O2.C6H2BrF2NO2.CH4.2Na.O4S2/c1-12(2)23-15-11-13(20)10-14(21)16(15)22-17(23)19(6,7)24-25(8,9)18(3,4)5;1-9(2,3)13(7,8)12-10(4,5)11-6;1-5(2)12-8-4-6(10)3-7(11)9(8)13(14)15;7-3-1-4(8)6(10(11)12)5(9)2-3;;;;1-5(2)6(3)4/h10-12H,1-9H3;1-8H3;3-5,12H,1-2H3;1-2H;1H4;;;. The first-order chi connectivity index (χ1) is 32.8. The molecule has 4 rings (SSSR count). The molecule has 1 N–H and O–H groups in total. The number of hydrogen-bond acceptors (Lipinski definition) is 13. The topological polar surface area (TPSA) is 212 Å². The summed E-state index contributed by atoms with van der Waals surface area (Å²) in [7, 11) is -7.91. The second kappa shape index (κ2) is 32.2. The predicted octanol–water partition coefficient (Wildman–Crippen LogP) is 14.7. The molecule has 0 unspecified atom stereocenters. The number of nitrogens with one attached hydrogen (secondary N) is 1. The van der Waals surface area contributed by atoms with E-state index >= 15 is 0 Å². The molecular formula is C45H70Br3F4N5Na2O11S2Si2. The molecule has 74 heavy (non-hydrogen) atoms. The molecule has 0 spiro atoms. The molecule has 0 aliphatic carbocycles. The number of aromatic nitrogens is 2. The first kappa shape index (κ1) is 77.1. The van der Waals surface area contributed by atoms with Crippen LogP contribution in [0.15, 0.2) is 49.8 Å². The molecule has 0 saturated heterocycles. The average molecular weight is 1340 g/mol. The van der Waals surface area contributed by atoms with E-state index in [2.05, 4.69) is 144 Å². The van der Waals surface area contributed by atoms with Gasteiger partial charge in [-0.3, -0.25) is 20.2 Å². The van der Waals surface area contributed by atoms with Crippen molar-refractivity contribution >= 4 is 155 Å². The number of rotatable bonds is 11. The number of nitrogens with zero attached hydrogens (tertiary/aromatic N) is 4. The molecule has 0 amide bonds. The molecule has 0 bridgehead atoms. The number of halogens is 7. The third-order valence-electron chi connectivity index (χ3n) is 10.8. The van der Waals surface area contributed by atoms with Crippen molar-refractivity contribution in [2.45, 2.75) is 164 Å². The SMILES string of the molecule is C.CC(C)Nc1cc(Br)cc(F)c1[N+](=O)[O-].CC(C)n1c(C(C)(C)O[Si](C)(C)C(C)(C)C)nc2c(F)cc(Br)cc21.COC(C)(C)O[Si](C)(C)C(C)(C)C.O=S(=O)=S(=O)=O.O=[N+]([O-])c1c(F)cc(Br)cc1F.[Na][Na]. The van der Waals surface area contributed by atoms with Crippen molar-refractivity contribution in [1.82, 2.24) is 9.55 Å². The normalized spacial score (nSPS) is 11.7. The minimum absolute atomic E-state index is 0. The maximum atomic E-state index is 14.5. The summed E-state index contributed by atoms with van der Waals surface area (Å²) in [6, 6.07) is 7.77. The quantitative estimate of drug-likeness (QED) is 0.0487. The number of imidazole rings is 1. The van der Waals surface area contributed by atoms with E-state index in [9.17, 15) is 37.8 Å². The van der Waals surface area contributed by atoms with E-state index in [-0.39, 0.29) is 45.6 Å². The van der Waals surface area contributed by atoms with Crippen LogP contribution in [0.1, 0.15) is 116 Å². The van der Waals surface area contributed by atoms with Gasteiger partial charge in [0.25, 0.3) is 0 Å². The third-order valence-corrected chi connectivity index (χ3v) is 22.3. The number of ether oxygens (including phenoxy) is 1. The number of anilines is 1. The summed E-state index contributed by atoms with van der Waals surface area (Å²) in [5.74, 6) is -3.22. The fourth-order valence-corrected chi connectivity index (χ4v) is 10.1. The van der Waals surface area contributed by atoms with E-state index in [1.165, 1.54) is 55.8 Å². The van der Waals surface area contributed by atoms with Gasteiger partial charge in [0.2, 0.25) is 17.5 Å². The van der Waals surface area contributed by atoms with E-state index in [1.807, 2.05) is 47.6 Å².